The molecule has 0 radical (unpaired) electrons. The van der Waals surface area contributed by atoms with Crippen LogP contribution in [0.15, 0.2) is 0 Å². The molecule has 0 aromatic carbocycles. The number of rotatable bonds is 4. The van der Waals surface area contributed by atoms with Gasteiger partial charge in [-0.1, -0.05) is 20.8 Å². The lowest BCUT2D eigenvalue weighted by Gasteiger charge is -2.42. The Kier molecular flexibility index (Phi) is 5.18. The van der Waals surface area contributed by atoms with Crippen LogP contribution >= 0.6 is 0 Å². The van der Waals surface area contributed by atoms with E-state index in [1.165, 1.54) is 0 Å². The number of hydrogen-bond donors (Lipinski definition) is 2. The Morgan fingerprint density at radius 3 is 2.21 bits per heavy atom. The molecule has 2 saturated heterocycles. The number of nitrogens with one attached hydrogen (secondary N) is 2. The van der Waals surface area contributed by atoms with Crippen LogP contribution < -0.4 is 10.6 Å². The van der Waals surface area contributed by atoms with Crippen molar-refractivity contribution in [2.45, 2.75) is 97.3 Å². The molecule has 2 heterocycles. The van der Waals surface area contributed by atoms with Crippen LogP contribution in [0.25, 0.3) is 0 Å². The normalized spacial score (nSPS) is 32.2. The van der Waals surface area contributed by atoms with Gasteiger partial charge in [0, 0.05) is 19.5 Å². The quantitative estimate of drug-likeness (QED) is 0.774. The minimum Gasteiger partial charge on any atom is -0.403 e. The summed E-state index contributed by atoms with van der Waals surface area (Å²) in [6.07, 6.45) is 2.79. The van der Waals surface area contributed by atoms with Crippen molar-refractivity contribution in [1.29, 1.82) is 0 Å². The van der Waals surface area contributed by atoms with Gasteiger partial charge in [0.15, 0.2) is 0 Å². The zero-order chi connectivity index (χ0) is 18.4. The Morgan fingerprint density at radius 2 is 1.75 bits per heavy atom. The van der Waals surface area contributed by atoms with E-state index in [9.17, 15) is 4.79 Å². The van der Waals surface area contributed by atoms with Crippen molar-refractivity contribution in [2.75, 3.05) is 6.54 Å². The molecule has 2 aliphatic rings. The average Bonchev–Trinajstić information content (AvgIpc) is 2.86. The molecule has 2 atom stereocenters. The van der Waals surface area contributed by atoms with E-state index in [4.69, 9.17) is 9.31 Å². The van der Waals surface area contributed by atoms with Crippen molar-refractivity contribution in [3.8, 4) is 0 Å². The summed E-state index contributed by atoms with van der Waals surface area (Å²) in [6, 6.07) is 0.370. The van der Waals surface area contributed by atoms with Gasteiger partial charge in [0.1, 0.15) is 0 Å². The van der Waals surface area contributed by atoms with E-state index in [-0.39, 0.29) is 35.2 Å². The maximum atomic E-state index is 11.7. The van der Waals surface area contributed by atoms with E-state index in [2.05, 4.69) is 59.1 Å². The highest BCUT2D eigenvalue weighted by Crippen LogP contribution is 2.40. The Balaban J connectivity index is 1.93. The molecule has 0 spiro atoms. The molecule has 2 aliphatic heterocycles. The monoisotopic (exact) mass is 338 g/mol. The van der Waals surface area contributed by atoms with E-state index >= 15 is 0 Å². The smallest absolute Gasteiger partial charge is 0.403 e. The Morgan fingerprint density at radius 1 is 1.21 bits per heavy atom. The zero-order valence-electron chi connectivity index (χ0n) is 16.7. The summed E-state index contributed by atoms with van der Waals surface area (Å²) in [4.78, 5) is 11.7. The summed E-state index contributed by atoms with van der Waals surface area (Å²) in [6.45, 7) is 17.3. The molecule has 0 aliphatic carbocycles. The number of carbonyl (C=O) groups excluding carboxylic acids is 1. The van der Waals surface area contributed by atoms with Crippen LogP contribution in [0.2, 0.25) is 6.32 Å². The van der Waals surface area contributed by atoms with Crippen molar-refractivity contribution in [3.05, 3.63) is 0 Å². The van der Waals surface area contributed by atoms with E-state index in [1.807, 2.05) is 0 Å². The number of amides is 1. The summed E-state index contributed by atoms with van der Waals surface area (Å²) in [5.41, 5.74) is -0.734. The van der Waals surface area contributed by atoms with Crippen molar-refractivity contribution >= 4 is 13.0 Å². The standard InChI is InChI=1S/C18H35BN2O3/c1-13(22)21-18(15(2,3)4)11-14(20-12-18)9-10-19-23-16(5,6)17(7,8)24-19/h14,20H,9-12H2,1-8H3,(H,21,22). The minimum atomic E-state index is -0.272. The maximum absolute atomic E-state index is 11.7. The van der Waals surface area contributed by atoms with Crippen molar-refractivity contribution in [2.24, 2.45) is 5.41 Å². The van der Waals surface area contributed by atoms with Crippen LogP contribution in [0.4, 0.5) is 0 Å². The third kappa shape index (κ3) is 3.81. The predicted molar refractivity (Wildman–Crippen MR) is 97.9 cm³/mol. The molecule has 2 fully saturated rings. The second-order valence-electron chi connectivity index (χ2n) is 9.56. The number of hydrogen-bond acceptors (Lipinski definition) is 4. The van der Waals surface area contributed by atoms with Crippen molar-refractivity contribution in [3.63, 3.8) is 0 Å². The Hall–Kier alpha value is -0.585. The summed E-state index contributed by atoms with van der Waals surface area (Å²) in [7, 11) is -0.151. The average molecular weight is 338 g/mol. The van der Waals surface area contributed by atoms with Gasteiger partial charge in [-0.25, -0.2) is 0 Å². The molecule has 0 aromatic rings. The highest BCUT2D eigenvalue weighted by Gasteiger charge is 2.52. The Labute approximate surface area is 147 Å². The third-order valence-electron chi connectivity index (χ3n) is 6.19. The van der Waals surface area contributed by atoms with Crippen LogP contribution in [-0.4, -0.2) is 42.4 Å². The second-order valence-corrected chi connectivity index (χ2v) is 9.56. The zero-order valence-corrected chi connectivity index (χ0v) is 16.7. The molecule has 0 bridgehead atoms. The molecule has 5 nitrogen and oxygen atoms in total. The minimum absolute atomic E-state index is 0.00472. The van der Waals surface area contributed by atoms with E-state index in [0.717, 1.165) is 25.7 Å². The van der Waals surface area contributed by atoms with Crippen molar-refractivity contribution in [1.82, 2.24) is 10.6 Å². The van der Waals surface area contributed by atoms with E-state index in [0.29, 0.717) is 6.04 Å². The first kappa shape index (κ1) is 19.7. The van der Waals surface area contributed by atoms with Gasteiger partial charge >= 0.3 is 7.12 Å². The third-order valence-corrected chi connectivity index (χ3v) is 6.19. The summed E-state index contributed by atoms with van der Waals surface area (Å²) < 4.78 is 12.2. The fraction of sp³-hybridized carbons (Fsp3) is 0.944. The van der Waals surface area contributed by atoms with Gasteiger partial charge in [-0.15, -0.1) is 0 Å². The topological polar surface area (TPSA) is 59.6 Å². The lowest BCUT2D eigenvalue weighted by Crippen LogP contribution is -2.58. The molecule has 138 valence electrons. The molecular weight excluding hydrogens is 303 g/mol. The summed E-state index contributed by atoms with van der Waals surface area (Å²) in [5, 5.41) is 6.81. The molecular formula is C18H35BN2O3. The number of carbonyl (C=O) groups is 1. The van der Waals surface area contributed by atoms with Gasteiger partial charge in [-0.3, -0.25) is 4.79 Å². The van der Waals surface area contributed by atoms with Gasteiger partial charge in [0.05, 0.1) is 16.7 Å². The van der Waals surface area contributed by atoms with Gasteiger partial charge < -0.3 is 19.9 Å². The summed E-state index contributed by atoms with van der Waals surface area (Å²) >= 11 is 0. The predicted octanol–water partition coefficient (Wildman–Crippen LogP) is 2.75. The summed E-state index contributed by atoms with van der Waals surface area (Å²) in [5.74, 6) is 0.0401. The molecule has 6 heteroatoms. The van der Waals surface area contributed by atoms with Crippen LogP contribution in [0.1, 0.15) is 68.2 Å². The van der Waals surface area contributed by atoms with Crippen LogP contribution in [0.5, 0.6) is 0 Å². The molecule has 2 N–H and O–H groups in total. The van der Waals surface area contributed by atoms with Gasteiger partial charge in [-0.05, 0) is 52.3 Å². The maximum Gasteiger partial charge on any atom is 0.457 e. The van der Waals surface area contributed by atoms with Crippen LogP contribution in [0, 0.1) is 5.41 Å². The largest absolute Gasteiger partial charge is 0.457 e. The lowest BCUT2D eigenvalue weighted by molar-refractivity contribution is -0.122. The molecule has 1 amide bonds. The van der Waals surface area contributed by atoms with Gasteiger partial charge in [0.2, 0.25) is 5.91 Å². The first-order chi connectivity index (χ1) is 10.8. The first-order valence-corrected chi connectivity index (χ1v) is 9.16. The van der Waals surface area contributed by atoms with Gasteiger partial charge in [0.25, 0.3) is 0 Å². The SMILES string of the molecule is CC(=O)NC1(C(C)(C)C)CNC(CCB2OC(C)(C)C(C)(C)O2)C1. The molecule has 0 aromatic heterocycles. The fourth-order valence-electron chi connectivity index (χ4n) is 3.70. The Bertz CT molecular complexity index is 471. The van der Waals surface area contributed by atoms with E-state index in [1.54, 1.807) is 6.92 Å². The molecule has 24 heavy (non-hydrogen) atoms. The van der Waals surface area contributed by atoms with Crippen LogP contribution in [0.3, 0.4) is 0 Å². The molecule has 0 saturated carbocycles. The fourth-order valence-corrected chi connectivity index (χ4v) is 3.70. The second kappa shape index (κ2) is 6.29. The molecule has 2 unspecified atom stereocenters. The van der Waals surface area contributed by atoms with Crippen molar-refractivity contribution < 1.29 is 14.1 Å². The lowest BCUT2D eigenvalue weighted by atomic mass is 9.71. The van der Waals surface area contributed by atoms with E-state index < -0.39 is 0 Å². The van der Waals surface area contributed by atoms with Crippen LogP contribution in [-0.2, 0) is 14.1 Å². The highest BCUT2D eigenvalue weighted by atomic mass is 16.7. The van der Waals surface area contributed by atoms with Gasteiger partial charge in [-0.2, -0.15) is 0 Å². The first-order valence-electron chi connectivity index (χ1n) is 9.16. The highest BCUT2D eigenvalue weighted by molar-refractivity contribution is 6.45. The molecule has 2 rings (SSSR count).